The second-order valence-electron chi connectivity index (χ2n) is 2.92. The minimum Gasteiger partial charge on any atom is -0.387 e. The number of thiophene rings is 1. The average molecular weight is 227 g/mol. The third kappa shape index (κ3) is 2.47. The summed E-state index contributed by atoms with van der Waals surface area (Å²) in [6, 6.07) is 0. The fourth-order valence-corrected chi connectivity index (χ4v) is 2.29. The molecule has 0 radical (unpaired) electrons. The van der Waals surface area contributed by atoms with Gasteiger partial charge in [0.25, 0.3) is 5.91 Å². The standard InChI is InChI=1S/C9H13N3O2S/c1-11-5-4-15-6(3-7(10)13)8(5)9(14)12-2/h4,11H,3H2,1-2H3,(H2,10,13)(H,12,14). The number of anilines is 1. The molecule has 82 valence electrons. The van der Waals surface area contributed by atoms with Gasteiger partial charge in [-0.25, -0.2) is 0 Å². The van der Waals surface area contributed by atoms with Crippen LogP contribution >= 0.6 is 11.3 Å². The molecule has 0 saturated carbocycles. The number of carbonyl (C=O) groups excluding carboxylic acids is 2. The Morgan fingerprint density at radius 3 is 2.60 bits per heavy atom. The minimum absolute atomic E-state index is 0.0924. The van der Waals surface area contributed by atoms with E-state index in [4.69, 9.17) is 5.73 Å². The Bertz CT molecular complexity index is 387. The lowest BCUT2D eigenvalue weighted by molar-refractivity contribution is -0.117. The third-order valence-corrected chi connectivity index (χ3v) is 2.91. The predicted molar refractivity (Wildman–Crippen MR) is 60.2 cm³/mol. The van der Waals surface area contributed by atoms with Crippen LogP contribution in [-0.4, -0.2) is 25.9 Å². The topological polar surface area (TPSA) is 84.2 Å². The molecule has 2 amide bonds. The van der Waals surface area contributed by atoms with Crippen LogP contribution in [-0.2, 0) is 11.2 Å². The van der Waals surface area contributed by atoms with Gasteiger partial charge in [0, 0.05) is 24.4 Å². The summed E-state index contributed by atoms with van der Waals surface area (Å²) in [4.78, 5) is 23.1. The zero-order chi connectivity index (χ0) is 11.4. The highest BCUT2D eigenvalue weighted by molar-refractivity contribution is 7.11. The van der Waals surface area contributed by atoms with Gasteiger partial charge >= 0.3 is 0 Å². The zero-order valence-corrected chi connectivity index (χ0v) is 9.40. The van der Waals surface area contributed by atoms with E-state index in [0.29, 0.717) is 10.4 Å². The molecule has 0 aliphatic carbocycles. The number of carbonyl (C=O) groups is 2. The quantitative estimate of drug-likeness (QED) is 0.686. The van der Waals surface area contributed by atoms with Crippen molar-refractivity contribution in [3.63, 3.8) is 0 Å². The summed E-state index contributed by atoms with van der Waals surface area (Å²) in [6.07, 6.45) is 0.0924. The Hall–Kier alpha value is -1.56. The number of hydrogen-bond acceptors (Lipinski definition) is 4. The van der Waals surface area contributed by atoms with Crippen LogP contribution in [0.25, 0.3) is 0 Å². The van der Waals surface area contributed by atoms with E-state index in [-0.39, 0.29) is 12.3 Å². The summed E-state index contributed by atoms with van der Waals surface area (Å²) >= 11 is 1.35. The molecule has 0 aliphatic rings. The first-order valence-electron chi connectivity index (χ1n) is 4.38. The maximum absolute atomic E-state index is 11.6. The number of nitrogens with one attached hydrogen (secondary N) is 2. The summed E-state index contributed by atoms with van der Waals surface area (Å²) in [5, 5.41) is 7.23. The molecule has 0 bridgehead atoms. The van der Waals surface area contributed by atoms with E-state index in [1.54, 1.807) is 19.5 Å². The third-order valence-electron chi connectivity index (χ3n) is 1.93. The molecule has 6 heteroatoms. The number of hydrogen-bond donors (Lipinski definition) is 3. The van der Waals surface area contributed by atoms with Crippen LogP contribution in [0.15, 0.2) is 5.38 Å². The van der Waals surface area contributed by atoms with Crippen molar-refractivity contribution in [2.75, 3.05) is 19.4 Å². The summed E-state index contributed by atoms with van der Waals surface area (Å²) < 4.78 is 0. The van der Waals surface area contributed by atoms with Gasteiger partial charge in [-0.2, -0.15) is 0 Å². The van der Waals surface area contributed by atoms with E-state index in [2.05, 4.69) is 10.6 Å². The van der Waals surface area contributed by atoms with Crippen molar-refractivity contribution in [1.82, 2.24) is 5.32 Å². The highest BCUT2D eigenvalue weighted by atomic mass is 32.1. The van der Waals surface area contributed by atoms with Crippen LogP contribution in [0.2, 0.25) is 0 Å². The normalized spacial score (nSPS) is 9.73. The van der Waals surface area contributed by atoms with Crippen LogP contribution < -0.4 is 16.4 Å². The van der Waals surface area contributed by atoms with E-state index in [9.17, 15) is 9.59 Å². The highest BCUT2D eigenvalue weighted by Gasteiger charge is 2.18. The molecule has 0 aliphatic heterocycles. The maximum Gasteiger partial charge on any atom is 0.254 e. The van der Waals surface area contributed by atoms with Crippen molar-refractivity contribution in [1.29, 1.82) is 0 Å². The number of primary amides is 1. The van der Waals surface area contributed by atoms with Gasteiger partial charge in [-0.05, 0) is 0 Å². The molecule has 0 unspecified atom stereocenters. The molecule has 0 fully saturated rings. The molecule has 5 nitrogen and oxygen atoms in total. The van der Waals surface area contributed by atoms with Gasteiger partial charge in [-0.15, -0.1) is 11.3 Å². The lowest BCUT2D eigenvalue weighted by Crippen LogP contribution is -2.21. The lowest BCUT2D eigenvalue weighted by atomic mass is 10.1. The number of amides is 2. The largest absolute Gasteiger partial charge is 0.387 e. The van der Waals surface area contributed by atoms with Crippen LogP contribution in [0.1, 0.15) is 15.2 Å². The zero-order valence-electron chi connectivity index (χ0n) is 8.59. The monoisotopic (exact) mass is 227 g/mol. The fraction of sp³-hybridized carbons (Fsp3) is 0.333. The highest BCUT2D eigenvalue weighted by Crippen LogP contribution is 2.27. The first kappa shape index (κ1) is 11.5. The summed E-state index contributed by atoms with van der Waals surface area (Å²) in [5.74, 6) is -0.651. The first-order valence-corrected chi connectivity index (χ1v) is 5.26. The summed E-state index contributed by atoms with van der Waals surface area (Å²) in [5.41, 5.74) is 6.32. The van der Waals surface area contributed by atoms with E-state index >= 15 is 0 Å². The molecular formula is C9H13N3O2S. The van der Waals surface area contributed by atoms with E-state index < -0.39 is 5.91 Å². The molecule has 1 rings (SSSR count). The number of rotatable bonds is 4. The maximum atomic E-state index is 11.6. The molecule has 1 aromatic rings. The second-order valence-corrected chi connectivity index (χ2v) is 3.88. The molecule has 15 heavy (non-hydrogen) atoms. The van der Waals surface area contributed by atoms with Crippen molar-refractivity contribution in [2.24, 2.45) is 5.73 Å². The Morgan fingerprint density at radius 2 is 2.13 bits per heavy atom. The van der Waals surface area contributed by atoms with Gasteiger partial charge in [-0.1, -0.05) is 0 Å². The van der Waals surface area contributed by atoms with Gasteiger partial charge in [0.15, 0.2) is 0 Å². The second kappa shape index (κ2) is 4.79. The minimum atomic E-state index is -0.440. The van der Waals surface area contributed by atoms with Crippen molar-refractivity contribution >= 4 is 28.8 Å². The van der Waals surface area contributed by atoms with Crippen LogP contribution in [0, 0.1) is 0 Å². The average Bonchev–Trinajstić information content (AvgIpc) is 2.58. The van der Waals surface area contributed by atoms with Crippen molar-refractivity contribution in [3.8, 4) is 0 Å². The smallest absolute Gasteiger partial charge is 0.254 e. The Morgan fingerprint density at radius 1 is 1.47 bits per heavy atom. The van der Waals surface area contributed by atoms with Crippen molar-refractivity contribution < 1.29 is 9.59 Å². The van der Waals surface area contributed by atoms with Crippen molar-refractivity contribution in [2.45, 2.75) is 6.42 Å². The predicted octanol–water partition coefficient (Wildman–Crippen LogP) is 0.177. The van der Waals surface area contributed by atoms with Gasteiger partial charge in [0.1, 0.15) is 0 Å². The summed E-state index contributed by atoms with van der Waals surface area (Å²) in [7, 11) is 3.27. The Balaban J connectivity index is 3.10. The van der Waals surface area contributed by atoms with Gasteiger partial charge in [0.05, 0.1) is 17.7 Å². The van der Waals surface area contributed by atoms with Crippen molar-refractivity contribution in [3.05, 3.63) is 15.8 Å². The molecular weight excluding hydrogens is 214 g/mol. The van der Waals surface area contributed by atoms with Crippen LogP contribution in [0.4, 0.5) is 5.69 Å². The first-order chi connectivity index (χ1) is 7.10. The Labute approximate surface area is 91.7 Å². The molecule has 4 N–H and O–H groups in total. The van der Waals surface area contributed by atoms with E-state index in [1.807, 2.05) is 0 Å². The molecule has 1 aromatic heterocycles. The molecule has 0 saturated heterocycles. The van der Waals surface area contributed by atoms with Gasteiger partial charge < -0.3 is 16.4 Å². The molecule has 1 heterocycles. The number of nitrogens with two attached hydrogens (primary N) is 1. The molecule has 0 spiro atoms. The SMILES string of the molecule is CNC(=O)c1c(NC)csc1CC(N)=O. The summed E-state index contributed by atoms with van der Waals surface area (Å²) in [6.45, 7) is 0. The Kier molecular flexibility index (Phi) is 3.68. The van der Waals surface area contributed by atoms with Gasteiger partial charge in [0.2, 0.25) is 5.91 Å². The fourth-order valence-electron chi connectivity index (χ4n) is 1.24. The molecule has 0 atom stereocenters. The van der Waals surface area contributed by atoms with Crippen LogP contribution in [0.3, 0.4) is 0 Å². The van der Waals surface area contributed by atoms with E-state index in [0.717, 1.165) is 5.69 Å². The van der Waals surface area contributed by atoms with Crippen LogP contribution in [0.5, 0.6) is 0 Å². The molecule has 0 aromatic carbocycles. The lowest BCUT2D eigenvalue weighted by Gasteiger charge is -2.04. The van der Waals surface area contributed by atoms with E-state index in [1.165, 1.54) is 11.3 Å². The van der Waals surface area contributed by atoms with Gasteiger partial charge in [-0.3, -0.25) is 9.59 Å².